The van der Waals surface area contributed by atoms with E-state index in [-0.39, 0.29) is 5.17 Å². The SMILES string of the molecule is N=C(Cl)c1ccc(-c2ccc(Cl)cc2)o1. The van der Waals surface area contributed by atoms with Crippen molar-refractivity contribution in [2.45, 2.75) is 0 Å². The summed E-state index contributed by atoms with van der Waals surface area (Å²) in [6, 6.07) is 10.7. The Bertz CT molecular complexity index is 488. The standard InChI is InChI=1S/C11H7Cl2NO/c12-8-3-1-7(2-4-8)9-5-6-10(15-9)11(13)14/h1-6,14H. The number of hydrogen-bond acceptors (Lipinski definition) is 2. The van der Waals surface area contributed by atoms with Crippen LogP contribution in [0.2, 0.25) is 5.02 Å². The lowest BCUT2D eigenvalue weighted by Gasteiger charge is -1.96. The molecule has 0 radical (unpaired) electrons. The van der Waals surface area contributed by atoms with Gasteiger partial charge in [-0.1, -0.05) is 23.2 Å². The second kappa shape index (κ2) is 4.09. The highest BCUT2D eigenvalue weighted by Crippen LogP contribution is 2.24. The maximum absolute atomic E-state index is 7.20. The molecule has 1 aromatic carbocycles. The number of rotatable bonds is 2. The molecule has 0 saturated carbocycles. The van der Waals surface area contributed by atoms with Crippen LogP contribution in [0.1, 0.15) is 5.76 Å². The summed E-state index contributed by atoms with van der Waals surface area (Å²) < 4.78 is 5.37. The van der Waals surface area contributed by atoms with Crippen LogP contribution >= 0.6 is 23.2 Å². The van der Waals surface area contributed by atoms with E-state index in [4.69, 9.17) is 33.0 Å². The van der Waals surface area contributed by atoms with Crippen LogP contribution in [0.3, 0.4) is 0 Å². The monoisotopic (exact) mass is 239 g/mol. The fourth-order valence-corrected chi connectivity index (χ4v) is 1.45. The van der Waals surface area contributed by atoms with Crippen molar-refractivity contribution in [3.05, 3.63) is 47.2 Å². The van der Waals surface area contributed by atoms with Crippen molar-refractivity contribution in [2.75, 3.05) is 0 Å². The molecular weight excluding hydrogens is 233 g/mol. The van der Waals surface area contributed by atoms with Crippen molar-refractivity contribution >= 4 is 28.4 Å². The van der Waals surface area contributed by atoms with E-state index in [1.165, 1.54) is 0 Å². The first-order valence-electron chi connectivity index (χ1n) is 4.27. The Balaban J connectivity index is 2.37. The maximum Gasteiger partial charge on any atom is 0.164 e. The molecule has 2 aromatic rings. The van der Waals surface area contributed by atoms with Gasteiger partial charge in [-0.25, -0.2) is 0 Å². The minimum absolute atomic E-state index is 0.102. The zero-order valence-electron chi connectivity index (χ0n) is 7.63. The molecule has 0 fully saturated rings. The van der Waals surface area contributed by atoms with E-state index in [0.29, 0.717) is 16.5 Å². The zero-order chi connectivity index (χ0) is 10.8. The molecule has 0 atom stereocenters. The molecule has 76 valence electrons. The first-order chi connectivity index (χ1) is 7.16. The minimum Gasteiger partial charge on any atom is -0.454 e. The molecule has 0 spiro atoms. The van der Waals surface area contributed by atoms with Crippen LogP contribution in [0.25, 0.3) is 11.3 Å². The van der Waals surface area contributed by atoms with Crippen molar-refractivity contribution in [1.82, 2.24) is 0 Å². The van der Waals surface area contributed by atoms with Gasteiger partial charge in [0.1, 0.15) is 5.76 Å². The van der Waals surface area contributed by atoms with Gasteiger partial charge >= 0.3 is 0 Å². The van der Waals surface area contributed by atoms with Crippen LogP contribution in [0.5, 0.6) is 0 Å². The molecular formula is C11H7Cl2NO. The summed E-state index contributed by atoms with van der Waals surface area (Å²) in [6.07, 6.45) is 0. The van der Waals surface area contributed by atoms with Crippen LogP contribution < -0.4 is 0 Å². The summed E-state index contributed by atoms with van der Waals surface area (Å²) in [5.74, 6) is 1.04. The summed E-state index contributed by atoms with van der Waals surface area (Å²) in [4.78, 5) is 0. The van der Waals surface area contributed by atoms with Crippen molar-refractivity contribution in [2.24, 2.45) is 0 Å². The summed E-state index contributed by atoms with van der Waals surface area (Å²) in [5, 5.41) is 7.77. The second-order valence-corrected chi connectivity index (χ2v) is 3.80. The molecule has 0 amide bonds. The van der Waals surface area contributed by atoms with E-state index in [1.807, 2.05) is 12.1 Å². The molecule has 1 heterocycles. The Morgan fingerprint density at radius 2 is 1.73 bits per heavy atom. The summed E-state index contributed by atoms with van der Waals surface area (Å²) >= 11 is 11.3. The summed E-state index contributed by atoms with van der Waals surface area (Å²) in [7, 11) is 0. The highest BCUT2D eigenvalue weighted by atomic mass is 35.5. The molecule has 1 aromatic heterocycles. The van der Waals surface area contributed by atoms with Crippen LogP contribution in [-0.2, 0) is 0 Å². The van der Waals surface area contributed by atoms with Crippen molar-refractivity contribution < 1.29 is 4.42 Å². The van der Waals surface area contributed by atoms with Crippen LogP contribution in [0.4, 0.5) is 0 Å². The quantitative estimate of drug-likeness (QED) is 0.786. The first kappa shape index (κ1) is 10.3. The van der Waals surface area contributed by atoms with Gasteiger partial charge < -0.3 is 4.42 Å². The largest absolute Gasteiger partial charge is 0.454 e. The van der Waals surface area contributed by atoms with Crippen LogP contribution in [0, 0.1) is 5.41 Å². The smallest absolute Gasteiger partial charge is 0.164 e. The lowest BCUT2D eigenvalue weighted by molar-refractivity contribution is 0.573. The second-order valence-electron chi connectivity index (χ2n) is 2.98. The van der Waals surface area contributed by atoms with Crippen LogP contribution in [-0.4, -0.2) is 5.17 Å². The van der Waals surface area contributed by atoms with Crippen molar-refractivity contribution in [3.63, 3.8) is 0 Å². The highest BCUT2D eigenvalue weighted by molar-refractivity contribution is 6.68. The Kier molecular flexibility index (Phi) is 2.80. The first-order valence-corrected chi connectivity index (χ1v) is 5.02. The molecule has 0 unspecified atom stereocenters. The summed E-state index contributed by atoms with van der Waals surface area (Å²) in [5.41, 5.74) is 0.906. The Hall–Kier alpha value is -1.25. The summed E-state index contributed by atoms with van der Waals surface area (Å²) in [6.45, 7) is 0. The number of furan rings is 1. The molecule has 0 bridgehead atoms. The third-order valence-electron chi connectivity index (χ3n) is 1.95. The van der Waals surface area contributed by atoms with Crippen molar-refractivity contribution in [3.8, 4) is 11.3 Å². The Morgan fingerprint density at radius 1 is 1.07 bits per heavy atom. The highest BCUT2D eigenvalue weighted by Gasteiger charge is 2.06. The topological polar surface area (TPSA) is 37.0 Å². The number of hydrogen-bond donors (Lipinski definition) is 1. The van der Waals surface area contributed by atoms with Gasteiger partial charge in [0, 0.05) is 10.6 Å². The van der Waals surface area contributed by atoms with Gasteiger partial charge in [-0.3, -0.25) is 5.41 Å². The lowest BCUT2D eigenvalue weighted by Crippen LogP contribution is -1.81. The van der Waals surface area contributed by atoms with Gasteiger partial charge in [-0.2, -0.15) is 0 Å². The van der Waals surface area contributed by atoms with Gasteiger partial charge in [0.25, 0.3) is 0 Å². The molecule has 0 aliphatic heterocycles. The number of halogens is 2. The van der Waals surface area contributed by atoms with Gasteiger partial charge in [0.2, 0.25) is 0 Å². The molecule has 0 saturated heterocycles. The average molecular weight is 240 g/mol. The normalized spacial score (nSPS) is 10.3. The predicted molar refractivity (Wildman–Crippen MR) is 61.8 cm³/mol. The number of nitrogens with one attached hydrogen (secondary N) is 1. The number of benzene rings is 1. The van der Waals surface area contributed by atoms with Gasteiger partial charge in [-0.15, -0.1) is 0 Å². The van der Waals surface area contributed by atoms with Crippen molar-refractivity contribution in [1.29, 1.82) is 5.41 Å². The van der Waals surface area contributed by atoms with E-state index >= 15 is 0 Å². The molecule has 0 aliphatic carbocycles. The molecule has 1 N–H and O–H groups in total. The van der Waals surface area contributed by atoms with Gasteiger partial charge in [-0.05, 0) is 36.4 Å². The molecule has 2 rings (SSSR count). The zero-order valence-corrected chi connectivity index (χ0v) is 9.14. The maximum atomic E-state index is 7.20. The molecule has 15 heavy (non-hydrogen) atoms. The van der Waals surface area contributed by atoms with E-state index in [2.05, 4.69) is 0 Å². The van der Waals surface area contributed by atoms with Crippen LogP contribution in [0.15, 0.2) is 40.8 Å². The molecule has 0 aliphatic rings. The van der Waals surface area contributed by atoms with E-state index in [0.717, 1.165) is 5.56 Å². The minimum atomic E-state index is -0.102. The third-order valence-corrected chi connectivity index (χ3v) is 2.39. The Labute approximate surface area is 96.9 Å². The van der Waals surface area contributed by atoms with E-state index in [1.54, 1.807) is 24.3 Å². The molecule has 2 nitrogen and oxygen atoms in total. The third kappa shape index (κ3) is 2.22. The Morgan fingerprint density at radius 3 is 2.27 bits per heavy atom. The average Bonchev–Trinajstić information content (AvgIpc) is 2.68. The fraction of sp³-hybridized carbons (Fsp3) is 0. The predicted octanol–water partition coefficient (Wildman–Crippen LogP) is 4.16. The fourth-order valence-electron chi connectivity index (χ4n) is 1.23. The van der Waals surface area contributed by atoms with Gasteiger partial charge in [0.05, 0.1) is 0 Å². The van der Waals surface area contributed by atoms with E-state index in [9.17, 15) is 0 Å². The van der Waals surface area contributed by atoms with Gasteiger partial charge in [0.15, 0.2) is 10.9 Å². The molecule has 4 heteroatoms. The lowest BCUT2D eigenvalue weighted by atomic mass is 10.2. The van der Waals surface area contributed by atoms with E-state index < -0.39 is 0 Å².